The zero-order valence-corrected chi connectivity index (χ0v) is 18.9. The molecule has 1 aromatic heterocycles. The van der Waals surface area contributed by atoms with Crippen LogP contribution < -0.4 is 0 Å². The molecule has 6 nitrogen and oxygen atoms in total. The average molecular weight is 436 g/mol. The summed E-state index contributed by atoms with van der Waals surface area (Å²) in [5.74, 6) is -0.466. The standard InChI is InChI=1S/C22H30FN3O3S/c1-17-10-13-30-20(17)15-26(14-18-6-8-19(23)9-7-18)21(27)16-25(11-5-12-29-4)22(28)24(2)3/h6-10,13H,5,11-12,14-16H2,1-4H3. The molecule has 0 fully saturated rings. The molecule has 0 saturated carbocycles. The maximum atomic E-state index is 13.3. The van der Waals surface area contributed by atoms with Crippen LogP contribution in [0, 0.1) is 12.7 Å². The topological polar surface area (TPSA) is 53.1 Å². The van der Waals surface area contributed by atoms with Gasteiger partial charge in [0, 0.05) is 45.8 Å². The molecule has 30 heavy (non-hydrogen) atoms. The lowest BCUT2D eigenvalue weighted by atomic mass is 10.2. The molecule has 2 rings (SSSR count). The van der Waals surface area contributed by atoms with E-state index in [-0.39, 0.29) is 24.3 Å². The molecule has 0 unspecified atom stereocenters. The zero-order chi connectivity index (χ0) is 22.1. The number of hydrogen-bond donors (Lipinski definition) is 0. The van der Waals surface area contributed by atoms with Crippen LogP contribution in [0.5, 0.6) is 0 Å². The van der Waals surface area contributed by atoms with Gasteiger partial charge in [0.15, 0.2) is 0 Å². The van der Waals surface area contributed by atoms with Gasteiger partial charge in [-0.3, -0.25) is 4.79 Å². The second-order valence-corrected chi connectivity index (χ2v) is 8.35. The van der Waals surface area contributed by atoms with E-state index in [1.807, 2.05) is 18.4 Å². The summed E-state index contributed by atoms with van der Waals surface area (Å²) in [4.78, 5) is 31.6. The van der Waals surface area contributed by atoms with E-state index >= 15 is 0 Å². The van der Waals surface area contributed by atoms with Crippen molar-refractivity contribution in [3.63, 3.8) is 0 Å². The van der Waals surface area contributed by atoms with Crippen LogP contribution in [0.1, 0.15) is 22.4 Å². The number of ether oxygens (including phenoxy) is 1. The van der Waals surface area contributed by atoms with Crippen LogP contribution >= 0.6 is 11.3 Å². The highest BCUT2D eigenvalue weighted by Crippen LogP contribution is 2.20. The quantitative estimate of drug-likeness (QED) is 0.534. The fraction of sp³-hybridized carbons (Fsp3) is 0.455. The van der Waals surface area contributed by atoms with Crippen LogP contribution in [-0.2, 0) is 22.6 Å². The molecule has 0 spiro atoms. The third-order valence-corrected chi connectivity index (χ3v) is 5.71. The van der Waals surface area contributed by atoms with Gasteiger partial charge in [0.1, 0.15) is 12.4 Å². The van der Waals surface area contributed by atoms with Crippen molar-refractivity contribution in [3.05, 3.63) is 57.5 Å². The summed E-state index contributed by atoms with van der Waals surface area (Å²) in [5.41, 5.74) is 1.96. The van der Waals surface area contributed by atoms with Crippen LogP contribution in [0.15, 0.2) is 35.7 Å². The number of hydrogen-bond acceptors (Lipinski definition) is 4. The van der Waals surface area contributed by atoms with Crippen molar-refractivity contribution in [2.45, 2.75) is 26.4 Å². The average Bonchev–Trinajstić information content (AvgIpc) is 3.12. The van der Waals surface area contributed by atoms with E-state index < -0.39 is 0 Å². The Bertz CT molecular complexity index is 823. The molecule has 0 saturated heterocycles. The molecule has 2 aromatic rings. The van der Waals surface area contributed by atoms with Crippen LogP contribution in [0.2, 0.25) is 0 Å². The van der Waals surface area contributed by atoms with Gasteiger partial charge in [-0.1, -0.05) is 12.1 Å². The Balaban J connectivity index is 2.18. The minimum atomic E-state index is -0.313. The maximum Gasteiger partial charge on any atom is 0.319 e. The molecule has 0 aliphatic carbocycles. The third-order valence-electron chi connectivity index (χ3n) is 4.70. The fourth-order valence-corrected chi connectivity index (χ4v) is 3.89. The van der Waals surface area contributed by atoms with E-state index in [2.05, 4.69) is 0 Å². The summed E-state index contributed by atoms with van der Waals surface area (Å²) in [5, 5.41) is 2.00. The van der Waals surface area contributed by atoms with Gasteiger partial charge in [-0.25, -0.2) is 9.18 Å². The first kappa shape index (κ1) is 23.8. The first-order chi connectivity index (χ1) is 14.3. The Labute approximate surface area is 181 Å². The number of halogens is 1. The van der Waals surface area contributed by atoms with Crippen LogP contribution in [0.25, 0.3) is 0 Å². The van der Waals surface area contributed by atoms with Crippen molar-refractivity contribution < 1.29 is 18.7 Å². The maximum absolute atomic E-state index is 13.3. The van der Waals surface area contributed by atoms with Crippen molar-refractivity contribution in [1.82, 2.24) is 14.7 Å². The molecule has 3 amide bonds. The van der Waals surface area contributed by atoms with E-state index in [0.29, 0.717) is 32.7 Å². The number of carbonyl (C=O) groups is 2. The van der Waals surface area contributed by atoms with E-state index in [1.165, 1.54) is 17.0 Å². The van der Waals surface area contributed by atoms with Gasteiger partial charge in [-0.15, -0.1) is 11.3 Å². The molecule has 0 aliphatic rings. The predicted octanol–water partition coefficient (Wildman–Crippen LogP) is 3.74. The number of nitrogens with zero attached hydrogens (tertiary/aromatic N) is 3. The van der Waals surface area contributed by atoms with Crippen LogP contribution in [0.3, 0.4) is 0 Å². The minimum absolute atomic E-state index is 0.0215. The highest BCUT2D eigenvalue weighted by Gasteiger charge is 2.23. The number of amides is 3. The molecule has 8 heteroatoms. The molecule has 1 heterocycles. The molecule has 0 aliphatic heterocycles. The monoisotopic (exact) mass is 435 g/mol. The molecular weight excluding hydrogens is 405 g/mol. The summed E-state index contributed by atoms with van der Waals surface area (Å²) < 4.78 is 18.4. The molecule has 1 aromatic carbocycles. The van der Waals surface area contributed by atoms with Gasteiger partial charge < -0.3 is 19.4 Å². The Morgan fingerprint density at radius 1 is 1.07 bits per heavy atom. The highest BCUT2D eigenvalue weighted by atomic mass is 32.1. The summed E-state index contributed by atoms with van der Waals surface area (Å²) in [6.07, 6.45) is 0.644. The lowest BCUT2D eigenvalue weighted by Gasteiger charge is -2.29. The van der Waals surface area contributed by atoms with Gasteiger partial charge in [0.05, 0.1) is 6.54 Å². The van der Waals surface area contributed by atoms with Crippen molar-refractivity contribution in [1.29, 1.82) is 0 Å². The first-order valence-corrected chi connectivity index (χ1v) is 10.7. The first-order valence-electron chi connectivity index (χ1n) is 9.82. The Morgan fingerprint density at radius 3 is 2.33 bits per heavy atom. The lowest BCUT2D eigenvalue weighted by Crippen LogP contribution is -2.46. The van der Waals surface area contributed by atoms with Crippen LogP contribution in [0.4, 0.5) is 9.18 Å². The number of thiophene rings is 1. The molecule has 164 valence electrons. The molecule has 0 N–H and O–H groups in total. The van der Waals surface area contributed by atoms with E-state index in [0.717, 1.165) is 16.0 Å². The fourth-order valence-electron chi connectivity index (χ4n) is 2.97. The Kier molecular flexibility index (Phi) is 9.26. The van der Waals surface area contributed by atoms with Crippen molar-refractivity contribution in [2.75, 3.05) is 40.9 Å². The second-order valence-electron chi connectivity index (χ2n) is 7.35. The normalized spacial score (nSPS) is 10.7. The van der Waals surface area contributed by atoms with E-state index in [1.54, 1.807) is 54.5 Å². The van der Waals surface area contributed by atoms with Gasteiger partial charge >= 0.3 is 6.03 Å². The third kappa shape index (κ3) is 7.11. The molecule has 0 atom stereocenters. The molecule has 0 bridgehead atoms. The number of benzene rings is 1. The summed E-state index contributed by atoms with van der Waals surface area (Å²) >= 11 is 1.60. The lowest BCUT2D eigenvalue weighted by molar-refractivity contribution is -0.133. The van der Waals surface area contributed by atoms with Crippen LogP contribution in [-0.4, -0.2) is 67.5 Å². The molecule has 0 radical (unpaired) electrons. The number of rotatable bonds is 10. The Hall–Kier alpha value is -2.45. The van der Waals surface area contributed by atoms with Gasteiger partial charge in [-0.2, -0.15) is 0 Å². The largest absolute Gasteiger partial charge is 0.385 e. The van der Waals surface area contributed by atoms with Crippen molar-refractivity contribution in [3.8, 4) is 0 Å². The van der Waals surface area contributed by atoms with Gasteiger partial charge in [0.25, 0.3) is 0 Å². The SMILES string of the molecule is COCCCN(CC(=O)N(Cc1ccc(F)cc1)Cc1sccc1C)C(=O)N(C)C. The number of urea groups is 1. The minimum Gasteiger partial charge on any atom is -0.385 e. The summed E-state index contributed by atoms with van der Waals surface area (Å²) in [6.45, 7) is 3.73. The summed E-state index contributed by atoms with van der Waals surface area (Å²) in [6, 6.07) is 7.94. The smallest absolute Gasteiger partial charge is 0.319 e. The number of methoxy groups -OCH3 is 1. The van der Waals surface area contributed by atoms with Gasteiger partial charge in [0.2, 0.25) is 5.91 Å². The van der Waals surface area contributed by atoms with Crippen molar-refractivity contribution >= 4 is 23.3 Å². The molecular formula is C22H30FN3O3S. The van der Waals surface area contributed by atoms with E-state index in [9.17, 15) is 14.0 Å². The number of carbonyl (C=O) groups excluding carboxylic acids is 2. The predicted molar refractivity (Wildman–Crippen MR) is 117 cm³/mol. The van der Waals surface area contributed by atoms with Gasteiger partial charge in [-0.05, 0) is 48.1 Å². The van der Waals surface area contributed by atoms with E-state index in [4.69, 9.17) is 4.74 Å². The second kappa shape index (κ2) is 11.7. The van der Waals surface area contributed by atoms with Crippen molar-refractivity contribution in [2.24, 2.45) is 0 Å². The zero-order valence-electron chi connectivity index (χ0n) is 18.1. The summed E-state index contributed by atoms with van der Waals surface area (Å²) in [7, 11) is 4.94. The number of aryl methyl sites for hydroxylation is 1. The highest BCUT2D eigenvalue weighted by molar-refractivity contribution is 7.10. The Morgan fingerprint density at radius 2 is 1.77 bits per heavy atom.